The molecule has 1 aliphatic carbocycles. The molecule has 0 bridgehead atoms. The van der Waals surface area contributed by atoms with Crippen LogP contribution in [0.5, 0.6) is 5.75 Å². The molecule has 1 aliphatic heterocycles. The lowest BCUT2D eigenvalue weighted by Gasteiger charge is -2.32. The summed E-state index contributed by atoms with van der Waals surface area (Å²) in [4.78, 5) is 14.2. The highest BCUT2D eigenvalue weighted by atomic mass is 32.2. The molecule has 1 saturated heterocycles. The van der Waals surface area contributed by atoms with E-state index in [1.165, 1.54) is 12.1 Å². The molecular formula is C20H27FN2O4S. The fourth-order valence-electron chi connectivity index (χ4n) is 3.37. The number of likely N-dealkylation sites (tertiary alicyclic amines) is 1. The number of sulfone groups is 1. The van der Waals surface area contributed by atoms with Crippen LogP contribution in [0, 0.1) is 11.8 Å². The second-order valence-corrected chi connectivity index (χ2v) is 9.59. The van der Waals surface area contributed by atoms with Crippen LogP contribution >= 0.6 is 0 Å². The smallest absolute Gasteiger partial charge is 0.225 e. The number of rotatable bonds is 8. The van der Waals surface area contributed by atoms with E-state index in [2.05, 4.69) is 0 Å². The highest BCUT2D eigenvalue weighted by Crippen LogP contribution is 2.33. The number of carbonyl (C=O) groups is 1. The van der Waals surface area contributed by atoms with Gasteiger partial charge in [-0.2, -0.15) is 0 Å². The van der Waals surface area contributed by atoms with Crippen LogP contribution in [0.4, 0.5) is 4.39 Å². The molecule has 1 aromatic carbocycles. The van der Waals surface area contributed by atoms with E-state index < -0.39 is 9.84 Å². The summed E-state index contributed by atoms with van der Waals surface area (Å²) >= 11 is 0. The second kappa shape index (κ2) is 9.05. The summed E-state index contributed by atoms with van der Waals surface area (Å²) in [5.41, 5.74) is 5.69. The van der Waals surface area contributed by atoms with Crippen LogP contribution in [0.25, 0.3) is 0 Å². The number of nitrogens with two attached hydrogens (primary N) is 1. The third-order valence-corrected chi connectivity index (χ3v) is 7.23. The van der Waals surface area contributed by atoms with Crippen molar-refractivity contribution in [1.29, 1.82) is 0 Å². The Morgan fingerprint density at radius 2 is 1.82 bits per heavy atom. The van der Waals surface area contributed by atoms with Gasteiger partial charge < -0.3 is 15.4 Å². The molecule has 6 nitrogen and oxygen atoms in total. The largest absolute Gasteiger partial charge is 0.489 e. The lowest BCUT2D eigenvalue weighted by molar-refractivity contribution is -0.133. The quantitative estimate of drug-likeness (QED) is 0.710. The molecule has 0 spiro atoms. The zero-order valence-electron chi connectivity index (χ0n) is 15.8. The average molecular weight is 411 g/mol. The molecular weight excluding hydrogens is 383 g/mol. The van der Waals surface area contributed by atoms with Gasteiger partial charge in [-0.1, -0.05) is 0 Å². The summed E-state index contributed by atoms with van der Waals surface area (Å²) in [7, 11) is -3.41. The van der Waals surface area contributed by atoms with Crippen molar-refractivity contribution in [1.82, 2.24) is 4.90 Å². The molecule has 1 amide bonds. The van der Waals surface area contributed by atoms with Crippen molar-refractivity contribution >= 4 is 15.7 Å². The first-order valence-electron chi connectivity index (χ1n) is 9.65. The fourth-order valence-corrected chi connectivity index (χ4v) is 5.07. The Kier molecular flexibility index (Phi) is 6.72. The number of halogens is 1. The van der Waals surface area contributed by atoms with E-state index in [0.29, 0.717) is 30.7 Å². The third-order valence-electron chi connectivity index (χ3n) is 5.33. The van der Waals surface area contributed by atoms with Gasteiger partial charge in [-0.3, -0.25) is 4.79 Å². The number of nitrogens with zero attached hydrogens (tertiary/aromatic N) is 1. The molecule has 0 unspecified atom stereocenters. The number of piperidine rings is 1. The number of amides is 1. The van der Waals surface area contributed by atoms with Crippen LogP contribution in [-0.2, 0) is 14.6 Å². The minimum Gasteiger partial charge on any atom is -0.489 e. The number of ether oxygens (including phenoxy) is 1. The zero-order valence-corrected chi connectivity index (χ0v) is 16.7. The number of carbonyl (C=O) groups excluding carboxylic acids is 1. The van der Waals surface area contributed by atoms with E-state index in [-0.39, 0.29) is 41.5 Å². The van der Waals surface area contributed by atoms with Crippen molar-refractivity contribution < 1.29 is 22.3 Å². The Hall–Kier alpha value is -1.93. The molecule has 2 fully saturated rings. The van der Waals surface area contributed by atoms with Gasteiger partial charge in [-0.25, -0.2) is 12.8 Å². The van der Waals surface area contributed by atoms with Crippen molar-refractivity contribution in [3.63, 3.8) is 0 Å². The summed E-state index contributed by atoms with van der Waals surface area (Å²) in [6.07, 6.45) is 3.84. The molecule has 1 saturated carbocycles. The van der Waals surface area contributed by atoms with Gasteiger partial charge in [-0.15, -0.1) is 0 Å². The molecule has 3 rings (SSSR count). The first kappa shape index (κ1) is 20.8. The van der Waals surface area contributed by atoms with Crippen molar-refractivity contribution in [3.8, 4) is 5.75 Å². The van der Waals surface area contributed by atoms with Gasteiger partial charge in [0.25, 0.3) is 0 Å². The van der Waals surface area contributed by atoms with Gasteiger partial charge in [-0.05, 0) is 55.9 Å². The van der Waals surface area contributed by atoms with Crippen molar-refractivity contribution in [2.24, 2.45) is 17.6 Å². The molecule has 28 heavy (non-hydrogen) atoms. The lowest BCUT2D eigenvalue weighted by atomic mass is 9.98. The molecule has 8 heteroatoms. The van der Waals surface area contributed by atoms with Crippen LogP contribution in [0.1, 0.15) is 25.7 Å². The predicted octanol–water partition coefficient (Wildman–Crippen LogP) is 2.30. The van der Waals surface area contributed by atoms with Crippen molar-refractivity contribution in [3.05, 3.63) is 36.2 Å². The first-order valence-corrected chi connectivity index (χ1v) is 11.3. The Balaban J connectivity index is 1.52. The zero-order chi connectivity index (χ0) is 20.1. The maximum absolute atomic E-state index is 12.7. The van der Waals surface area contributed by atoms with Crippen LogP contribution < -0.4 is 10.5 Å². The SMILES string of the molecule is NC/C(=C\F)COc1ccc(S(=O)(=O)CC2CCN(C(=O)C3CC3)CC2)cc1. The van der Waals surface area contributed by atoms with Crippen LogP contribution in [0.2, 0.25) is 0 Å². The average Bonchev–Trinajstić information content (AvgIpc) is 3.54. The molecule has 154 valence electrons. The highest BCUT2D eigenvalue weighted by molar-refractivity contribution is 7.91. The molecule has 2 N–H and O–H groups in total. The minimum atomic E-state index is -3.41. The summed E-state index contributed by atoms with van der Waals surface area (Å²) in [6.45, 7) is 1.38. The summed E-state index contributed by atoms with van der Waals surface area (Å²) in [5.74, 6) is 1.05. The van der Waals surface area contributed by atoms with E-state index in [0.717, 1.165) is 25.7 Å². The van der Waals surface area contributed by atoms with Crippen LogP contribution in [-0.4, -0.2) is 51.2 Å². The van der Waals surface area contributed by atoms with Crippen LogP contribution in [0.3, 0.4) is 0 Å². The Morgan fingerprint density at radius 3 is 2.36 bits per heavy atom. The molecule has 0 aromatic heterocycles. The van der Waals surface area contributed by atoms with Crippen molar-refractivity contribution in [2.45, 2.75) is 30.6 Å². The molecule has 2 aliphatic rings. The second-order valence-electron chi connectivity index (χ2n) is 7.56. The summed E-state index contributed by atoms with van der Waals surface area (Å²) < 4.78 is 43.3. The van der Waals surface area contributed by atoms with Gasteiger partial charge in [0, 0.05) is 31.1 Å². The number of benzene rings is 1. The van der Waals surface area contributed by atoms with Crippen molar-refractivity contribution in [2.75, 3.05) is 32.0 Å². The molecule has 0 atom stereocenters. The molecule has 1 heterocycles. The van der Waals surface area contributed by atoms with Crippen LogP contribution in [0.15, 0.2) is 41.1 Å². The molecule has 1 aromatic rings. The Morgan fingerprint density at radius 1 is 1.18 bits per heavy atom. The Labute approximate surface area is 165 Å². The summed E-state index contributed by atoms with van der Waals surface area (Å²) in [5, 5.41) is 0. The topological polar surface area (TPSA) is 89.7 Å². The van der Waals surface area contributed by atoms with E-state index in [4.69, 9.17) is 10.5 Å². The van der Waals surface area contributed by atoms with E-state index in [1.54, 1.807) is 12.1 Å². The highest BCUT2D eigenvalue weighted by Gasteiger charge is 2.35. The molecule has 0 radical (unpaired) electrons. The van der Waals surface area contributed by atoms with E-state index in [1.807, 2.05) is 4.90 Å². The number of hydrogen-bond donors (Lipinski definition) is 1. The van der Waals surface area contributed by atoms with Gasteiger partial charge in [0.2, 0.25) is 5.91 Å². The number of hydrogen-bond acceptors (Lipinski definition) is 5. The maximum Gasteiger partial charge on any atom is 0.225 e. The van der Waals surface area contributed by atoms with Gasteiger partial charge in [0.05, 0.1) is 17.0 Å². The maximum atomic E-state index is 12.7. The minimum absolute atomic E-state index is 0.0250. The summed E-state index contributed by atoms with van der Waals surface area (Å²) in [6, 6.07) is 6.15. The normalized spacial score (nSPS) is 18.9. The standard InChI is InChI=1S/C20H27FN2O4S/c21-11-16(12-22)13-27-18-3-5-19(6-4-18)28(25,26)14-15-7-9-23(10-8-15)20(24)17-1-2-17/h3-6,11,15,17H,1-2,7-10,12-14,22H2/b16-11+. The van der Waals surface area contributed by atoms with Gasteiger partial charge in [0.1, 0.15) is 12.4 Å². The fraction of sp³-hybridized carbons (Fsp3) is 0.550. The predicted molar refractivity (Wildman–Crippen MR) is 104 cm³/mol. The van der Waals surface area contributed by atoms with Gasteiger partial charge in [0.15, 0.2) is 9.84 Å². The third kappa shape index (κ3) is 5.32. The van der Waals surface area contributed by atoms with E-state index >= 15 is 0 Å². The van der Waals surface area contributed by atoms with Gasteiger partial charge >= 0.3 is 0 Å². The first-order chi connectivity index (χ1) is 13.4. The Bertz CT molecular complexity index is 811. The van der Waals surface area contributed by atoms with E-state index in [9.17, 15) is 17.6 Å². The lowest BCUT2D eigenvalue weighted by Crippen LogP contribution is -2.40. The monoisotopic (exact) mass is 410 g/mol.